The standard InChI is InChI=1S/C42H35N3O5S/c1-28-16-18-29(19-17-28)38-25-22-35(50-38)27-37(45-40(46)31-12-7-4-8-13-31)41(47)43-32-20-23-36(24-21-32)51-39(30-10-5-3-6-11-30)42(48)44-33-14-9-15-34(26-33)49-2/h3-27,39H,1-2H3,(H,43,47)(H,44,48)(H,45,46)/b37-27-/t39-/m1/s1. The van der Waals surface area contributed by atoms with Gasteiger partial charge in [0.15, 0.2) is 0 Å². The molecule has 3 N–H and O–H groups in total. The number of carbonyl (C=O) groups excluding carboxylic acids is 3. The number of furan rings is 1. The summed E-state index contributed by atoms with van der Waals surface area (Å²) in [5.41, 5.74) is 4.40. The number of methoxy groups -OCH3 is 1. The van der Waals surface area contributed by atoms with E-state index in [0.717, 1.165) is 21.6 Å². The van der Waals surface area contributed by atoms with Crippen LogP contribution in [-0.2, 0) is 9.59 Å². The number of aryl methyl sites for hydroxylation is 1. The van der Waals surface area contributed by atoms with E-state index < -0.39 is 17.1 Å². The van der Waals surface area contributed by atoms with Gasteiger partial charge < -0.3 is 25.1 Å². The Hall–Kier alpha value is -6.32. The van der Waals surface area contributed by atoms with Crippen molar-refractivity contribution in [1.82, 2.24) is 5.32 Å². The summed E-state index contributed by atoms with van der Waals surface area (Å²) in [6, 6.07) is 44.0. The van der Waals surface area contributed by atoms with E-state index in [1.807, 2.05) is 104 Å². The van der Waals surface area contributed by atoms with Crippen molar-refractivity contribution in [1.29, 1.82) is 0 Å². The number of hydrogen-bond donors (Lipinski definition) is 3. The number of ether oxygens (including phenoxy) is 1. The van der Waals surface area contributed by atoms with Crippen LogP contribution in [0.1, 0.15) is 32.5 Å². The van der Waals surface area contributed by atoms with E-state index in [4.69, 9.17) is 9.15 Å². The van der Waals surface area contributed by atoms with Gasteiger partial charge in [0.1, 0.15) is 28.2 Å². The Morgan fingerprint density at radius 3 is 2.14 bits per heavy atom. The largest absolute Gasteiger partial charge is 0.497 e. The van der Waals surface area contributed by atoms with Gasteiger partial charge in [-0.1, -0.05) is 84.4 Å². The van der Waals surface area contributed by atoms with E-state index in [1.54, 1.807) is 55.6 Å². The molecule has 0 aliphatic carbocycles. The van der Waals surface area contributed by atoms with Gasteiger partial charge in [-0.25, -0.2) is 0 Å². The molecule has 0 unspecified atom stereocenters. The first-order chi connectivity index (χ1) is 24.8. The number of carbonyl (C=O) groups is 3. The van der Waals surface area contributed by atoms with Gasteiger partial charge in [0.2, 0.25) is 5.91 Å². The Morgan fingerprint density at radius 2 is 1.43 bits per heavy atom. The zero-order valence-corrected chi connectivity index (χ0v) is 28.8. The van der Waals surface area contributed by atoms with E-state index in [1.165, 1.54) is 17.8 Å². The monoisotopic (exact) mass is 693 g/mol. The zero-order valence-electron chi connectivity index (χ0n) is 28.0. The van der Waals surface area contributed by atoms with Gasteiger partial charge in [0, 0.05) is 39.5 Å². The summed E-state index contributed by atoms with van der Waals surface area (Å²) in [6.45, 7) is 2.01. The summed E-state index contributed by atoms with van der Waals surface area (Å²) < 4.78 is 11.3. The maximum Gasteiger partial charge on any atom is 0.272 e. The lowest BCUT2D eigenvalue weighted by molar-refractivity contribution is -0.116. The highest BCUT2D eigenvalue weighted by atomic mass is 32.2. The fourth-order valence-electron chi connectivity index (χ4n) is 5.15. The van der Waals surface area contributed by atoms with Crippen LogP contribution in [0, 0.1) is 6.92 Å². The molecule has 8 nitrogen and oxygen atoms in total. The molecule has 0 saturated heterocycles. The predicted molar refractivity (Wildman–Crippen MR) is 203 cm³/mol. The van der Waals surface area contributed by atoms with E-state index in [9.17, 15) is 14.4 Å². The first-order valence-electron chi connectivity index (χ1n) is 16.2. The second-order valence-corrected chi connectivity index (χ2v) is 12.7. The number of hydrogen-bond acceptors (Lipinski definition) is 6. The Balaban J connectivity index is 1.20. The number of anilines is 2. The van der Waals surface area contributed by atoms with Gasteiger partial charge in [0.05, 0.1) is 7.11 Å². The minimum Gasteiger partial charge on any atom is -0.497 e. The van der Waals surface area contributed by atoms with E-state index in [0.29, 0.717) is 34.2 Å². The smallest absolute Gasteiger partial charge is 0.272 e. The molecule has 3 amide bonds. The number of thioether (sulfide) groups is 1. The van der Waals surface area contributed by atoms with Crippen LogP contribution in [0.2, 0.25) is 0 Å². The Kier molecular flexibility index (Phi) is 11.1. The minimum absolute atomic E-state index is 0.00506. The molecule has 0 fully saturated rings. The molecule has 0 spiro atoms. The van der Waals surface area contributed by atoms with Crippen molar-refractivity contribution in [2.75, 3.05) is 17.7 Å². The molecular formula is C42H35N3O5S. The Morgan fingerprint density at radius 1 is 0.725 bits per heavy atom. The molecule has 6 aromatic rings. The van der Waals surface area contributed by atoms with Gasteiger partial charge in [-0.2, -0.15) is 0 Å². The van der Waals surface area contributed by atoms with Crippen molar-refractivity contribution >= 4 is 46.9 Å². The number of amides is 3. The summed E-state index contributed by atoms with van der Waals surface area (Å²) >= 11 is 1.39. The number of benzene rings is 5. The molecule has 51 heavy (non-hydrogen) atoms. The van der Waals surface area contributed by atoms with Crippen LogP contribution in [0.25, 0.3) is 17.4 Å². The lowest BCUT2D eigenvalue weighted by Gasteiger charge is -2.18. The number of rotatable bonds is 12. The summed E-state index contributed by atoms with van der Waals surface area (Å²) in [5.74, 6) is 0.512. The van der Waals surface area contributed by atoms with E-state index in [-0.39, 0.29) is 11.6 Å². The molecule has 5 aromatic carbocycles. The average molecular weight is 694 g/mol. The van der Waals surface area contributed by atoms with Crippen LogP contribution in [0.5, 0.6) is 5.75 Å². The van der Waals surface area contributed by atoms with Gasteiger partial charge >= 0.3 is 0 Å². The summed E-state index contributed by atoms with van der Waals surface area (Å²) in [7, 11) is 1.58. The summed E-state index contributed by atoms with van der Waals surface area (Å²) in [4.78, 5) is 41.2. The maximum absolute atomic E-state index is 13.7. The second-order valence-electron chi connectivity index (χ2n) is 11.6. The molecule has 254 valence electrons. The van der Waals surface area contributed by atoms with E-state index >= 15 is 0 Å². The van der Waals surface area contributed by atoms with Gasteiger partial charge in [-0.15, -0.1) is 11.8 Å². The SMILES string of the molecule is COc1cccc(NC(=O)[C@H](Sc2ccc(NC(=O)/C(=C/c3ccc(-c4ccc(C)cc4)o3)NC(=O)c3ccccc3)cc2)c2ccccc2)c1. The van der Waals surface area contributed by atoms with Gasteiger partial charge in [0.25, 0.3) is 11.8 Å². The van der Waals surface area contributed by atoms with Crippen LogP contribution < -0.4 is 20.7 Å². The topological polar surface area (TPSA) is 110 Å². The zero-order chi connectivity index (χ0) is 35.6. The molecular weight excluding hydrogens is 659 g/mol. The number of nitrogens with one attached hydrogen (secondary N) is 3. The van der Waals surface area contributed by atoms with E-state index in [2.05, 4.69) is 16.0 Å². The lowest BCUT2D eigenvalue weighted by Crippen LogP contribution is -2.30. The van der Waals surface area contributed by atoms with Gasteiger partial charge in [-0.05, 0) is 73.2 Å². The first-order valence-corrected chi connectivity index (χ1v) is 17.1. The molecule has 0 bridgehead atoms. The van der Waals surface area contributed by atoms with Crippen molar-refractivity contribution in [3.8, 4) is 17.1 Å². The molecule has 1 heterocycles. The average Bonchev–Trinajstić information content (AvgIpc) is 3.63. The molecule has 0 aliphatic rings. The summed E-state index contributed by atoms with van der Waals surface area (Å²) in [5, 5.41) is 8.07. The van der Waals surface area contributed by atoms with Crippen molar-refractivity contribution < 1.29 is 23.5 Å². The molecule has 0 saturated carbocycles. The van der Waals surface area contributed by atoms with Crippen LogP contribution in [0.15, 0.2) is 161 Å². The van der Waals surface area contributed by atoms with Crippen LogP contribution >= 0.6 is 11.8 Å². The van der Waals surface area contributed by atoms with Crippen LogP contribution in [0.4, 0.5) is 11.4 Å². The molecule has 0 radical (unpaired) electrons. The lowest BCUT2D eigenvalue weighted by atomic mass is 10.1. The Bertz CT molecular complexity index is 2150. The molecule has 1 aromatic heterocycles. The van der Waals surface area contributed by atoms with Gasteiger partial charge in [-0.3, -0.25) is 14.4 Å². The minimum atomic E-state index is -0.557. The fraction of sp³-hybridized carbons (Fsp3) is 0.0714. The highest BCUT2D eigenvalue weighted by Gasteiger charge is 2.23. The highest BCUT2D eigenvalue weighted by molar-refractivity contribution is 8.00. The third kappa shape index (κ3) is 9.23. The van der Waals surface area contributed by atoms with Crippen molar-refractivity contribution in [3.63, 3.8) is 0 Å². The molecule has 6 rings (SSSR count). The molecule has 0 aliphatic heterocycles. The van der Waals surface area contributed by atoms with Crippen LogP contribution in [0.3, 0.4) is 0 Å². The first kappa shape index (κ1) is 34.5. The quantitative estimate of drug-likeness (QED) is 0.0872. The third-order valence-electron chi connectivity index (χ3n) is 7.82. The van der Waals surface area contributed by atoms with Crippen LogP contribution in [-0.4, -0.2) is 24.8 Å². The fourth-order valence-corrected chi connectivity index (χ4v) is 6.17. The molecule has 9 heteroatoms. The molecule has 1 atom stereocenters. The van der Waals surface area contributed by atoms with Crippen molar-refractivity contribution in [2.24, 2.45) is 0 Å². The second kappa shape index (κ2) is 16.4. The highest BCUT2D eigenvalue weighted by Crippen LogP contribution is 2.37. The Labute approximate surface area is 300 Å². The maximum atomic E-state index is 13.7. The third-order valence-corrected chi connectivity index (χ3v) is 9.09. The normalized spacial score (nSPS) is 11.7. The van der Waals surface area contributed by atoms with Crippen molar-refractivity contribution in [3.05, 3.63) is 174 Å². The van der Waals surface area contributed by atoms with Crippen molar-refractivity contribution in [2.45, 2.75) is 17.1 Å². The predicted octanol–water partition coefficient (Wildman–Crippen LogP) is 9.15. The summed E-state index contributed by atoms with van der Waals surface area (Å²) in [6.07, 6.45) is 1.50.